The fourth-order valence-corrected chi connectivity index (χ4v) is 4.84. The van der Waals surface area contributed by atoms with Gasteiger partial charge in [-0.15, -0.1) is 0 Å². The molecule has 1 saturated heterocycles. The van der Waals surface area contributed by atoms with Crippen LogP contribution in [0.15, 0.2) is 66.7 Å². The topological polar surface area (TPSA) is 32.8 Å². The summed E-state index contributed by atoms with van der Waals surface area (Å²) in [6.45, 7) is 6.02. The molecule has 1 amide bonds. The minimum atomic E-state index is -0.125. The van der Waals surface area contributed by atoms with Gasteiger partial charge in [0.15, 0.2) is 0 Å². The molecule has 1 heterocycles. The third-order valence-electron chi connectivity index (χ3n) is 6.04. The average molecular weight is 518 g/mol. The van der Waals surface area contributed by atoms with Crippen molar-refractivity contribution in [2.24, 2.45) is 0 Å². The highest BCUT2D eigenvalue weighted by Gasteiger charge is 2.27. The van der Waals surface area contributed by atoms with Gasteiger partial charge in [-0.3, -0.25) is 9.69 Å². The number of aryl methyl sites for hydroxylation is 1. The molecule has 34 heavy (non-hydrogen) atoms. The van der Waals surface area contributed by atoms with Crippen LogP contribution in [0.5, 0.6) is 0 Å². The third kappa shape index (κ3) is 6.32. The number of piperazine rings is 1. The monoisotopic (exact) mass is 516 g/mol. The van der Waals surface area contributed by atoms with E-state index in [0.717, 1.165) is 30.8 Å². The van der Waals surface area contributed by atoms with Crippen LogP contribution in [0.25, 0.3) is 0 Å². The highest BCUT2D eigenvalue weighted by molar-refractivity contribution is 6.39. The van der Waals surface area contributed by atoms with Crippen LogP contribution < -0.4 is 0 Å². The molecule has 1 fully saturated rings. The molecule has 0 bridgehead atoms. The van der Waals surface area contributed by atoms with E-state index in [-0.39, 0.29) is 12.0 Å². The second kappa shape index (κ2) is 11.6. The smallest absolute Gasteiger partial charge is 0.256 e. The van der Waals surface area contributed by atoms with Crippen LogP contribution >= 0.6 is 34.8 Å². The van der Waals surface area contributed by atoms with Gasteiger partial charge in [0.05, 0.1) is 28.3 Å². The Hall–Kier alpha value is -2.08. The average Bonchev–Trinajstić information content (AvgIpc) is 2.82. The Morgan fingerprint density at radius 1 is 0.912 bits per heavy atom. The Labute approximate surface area is 216 Å². The molecule has 0 aromatic heterocycles. The maximum absolute atomic E-state index is 13.0. The fraction of sp³-hybridized carbons (Fsp3) is 0.296. The van der Waals surface area contributed by atoms with E-state index in [2.05, 4.69) is 30.0 Å². The van der Waals surface area contributed by atoms with Crippen LogP contribution in [0.3, 0.4) is 0 Å². The molecule has 7 heteroatoms. The van der Waals surface area contributed by atoms with Crippen LogP contribution in [0, 0.1) is 6.92 Å². The van der Waals surface area contributed by atoms with Gasteiger partial charge in [0.2, 0.25) is 0 Å². The molecular formula is C27H27Cl3N2O2. The summed E-state index contributed by atoms with van der Waals surface area (Å²) in [6, 6.07) is 21.3. The zero-order valence-corrected chi connectivity index (χ0v) is 21.3. The molecule has 0 radical (unpaired) electrons. The first-order valence-corrected chi connectivity index (χ1v) is 12.4. The number of rotatable bonds is 7. The van der Waals surface area contributed by atoms with Gasteiger partial charge in [-0.1, -0.05) is 82.8 Å². The van der Waals surface area contributed by atoms with Gasteiger partial charge in [0.1, 0.15) is 0 Å². The van der Waals surface area contributed by atoms with E-state index in [1.807, 2.05) is 35.2 Å². The number of carbonyl (C=O) groups is 1. The molecule has 0 spiro atoms. The zero-order chi connectivity index (χ0) is 24.1. The quantitative estimate of drug-likeness (QED) is 0.351. The molecule has 3 aromatic rings. The fourth-order valence-electron chi connectivity index (χ4n) is 4.16. The van der Waals surface area contributed by atoms with Gasteiger partial charge < -0.3 is 9.64 Å². The largest absolute Gasteiger partial charge is 0.368 e. The van der Waals surface area contributed by atoms with Gasteiger partial charge in [0, 0.05) is 37.7 Å². The Kier molecular flexibility index (Phi) is 8.51. The molecule has 178 valence electrons. The highest BCUT2D eigenvalue weighted by Crippen LogP contribution is 2.27. The summed E-state index contributed by atoms with van der Waals surface area (Å²) in [6.07, 6.45) is -0.113. The molecule has 1 atom stereocenters. The molecule has 0 saturated carbocycles. The second-order valence-corrected chi connectivity index (χ2v) is 9.78. The number of benzene rings is 3. The molecule has 4 rings (SSSR count). The maximum Gasteiger partial charge on any atom is 0.256 e. The summed E-state index contributed by atoms with van der Waals surface area (Å²) in [5.41, 5.74) is 3.81. The lowest BCUT2D eigenvalue weighted by Crippen LogP contribution is -2.49. The molecule has 4 nitrogen and oxygen atoms in total. The molecule has 0 aliphatic carbocycles. The second-order valence-electron chi connectivity index (χ2n) is 8.53. The zero-order valence-electron chi connectivity index (χ0n) is 19.0. The summed E-state index contributed by atoms with van der Waals surface area (Å²) in [4.78, 5) is 17.2. The number of hydrogen-bond acceptors (Lipinski definition) is 3. The van der Waals surface area contributed by atoms with Crippen molar-refractivity contribution in [2.45, 2.75) is 19.6 Å². The first-order chi connectivity index (χ1) is 16.4. The first-order valence-electron chi connectivity index (χ1n) is 11.3. The van der Waals surface area contributed by atoms with Crippen molar-refractivity contribution in [3.05, 3.63) is 104 Å². The van der Waals surface area contributed by atoms with Crippen molar-refractivity contribution in [1.29, 1.82) is 0 Å². The lowest BCUT2D eigenvalue weighted by atomic mass is 10.1. The molecular weight excluding hydrogens is 491 g/mol. The van der Waals surface area contributed by atoms with Gasteiger partial charge in [-0.25, -0.2) is 0 Å². The summed E-state index contributed by atoms with van der Waals surface area (Å²) in [5.74, 6) is -0.125. The van der Waals surface area contributed by atoms with Gasteiger partial charge >= 0.3 is 0 Å². The first kappa shape index (κ1) is 25.0. The van der Waals surface area contributed by atoms with E-state index in [0.29, 0.717) is 40.3 Å². The molecule has 0 N–H and O–H groups in total. The summed E-state index contributed by atoms with van der Waals surface area (Å²) >= 11 is 18.6. The summed E-state index contributed by atoms with van der Waals surface area (Å²) in [7, 11) is 0. The molecule has 1 aliphatic heterocycles. The normalized spacial score (nSPS) is 15.4. The van der Waals surface area contributed by atoms with Crippen molar-refractivity contribution in [1.82, 2.24) is 9.80 Å². The Morgan fingerprint density at radius 2 is 1.56 bits per heavy atom. The minimum Gasteiger partial charge on any atom is -0.368 e. The van der Waals surface area contributed by atoms with E-state index in [1.54, 1.807) is 18.2 Å². The Bertz CT molecular complexity index is 1110. The van der Waals surface area contributed by atoms with Crippen LogP contribution in [0.2, 0.25) is 15.1 Å². The van der Waals surface area contributed by atoms with Crippen LogP contribution in [0.1, 0.15) is 33.2 Å². The summed E-state index contributed by atoms with van der Waals surface area (Å²) < 4.78 is 6.39. The lowest BCUT2D eigenvalue weighted by molar-refractivity contribution is 0.00342. The standard InChI is InChI=1S/C27H27Cl3N2O2/c1-19-4-2-5-20(16-19)18-34-25(21-8-10-22(28)11-9-21)17-31-12-14-32(15-13-31)27(33)26-23(29)6-3-7-24(26)30/h2-11,16,25H,12-15,17-18H2,1H3. The Balaban J connectivity index is 1.41. The van der Waals surface area contributed by atoms with Crippen molar-refractivity contribution in [3.8, 4) is 0 Å². The predicted octanol–water partition coefficient (Wildman–Crippen LogP) is 6.67. The highest BCUT2D eigenvalue weighted by atomic mass is 35.5. The van der Waals surface area contributed by atoms with Crippen molar-refractivity contribution in [2.75, 3.05) is 32.7 Å². The van der Waals surface area contributed by atoms with Crippen molar-refractivity contribution < 1.29 is 9.53 Å². The third-order valence-corrected chi connectivity index (χ3v) is 6.92. The number of hydrogen-bond donors (Lipinski definition) is 0. The number of nitrogens with zero attached hydrogens (tertiary/aromatic N) is 2. The number of amides is 1. The number of halogens is 3. The minimum absolute atomic E-state index is 0.113. The van der Waals surface area contributed by atoms with E-state index < -0.39 is 0 Å². The van der Waals surface area contributed by atoms with Crippen molar-refractivity contribution in [3.63, 3.8) is 0 Å². The molecule has 3 aromatic carbocycles. The Morgan fingerprint density at radius 3 is 2.21 bits per heavy atom. The summed E-state index contributed by atoms with van der Waals surface area (Å²) in [5, 5.41) is 1.46. The van der Waals surface area contributed by atoms with E-state index >= 15 is 0 Å². The van der Waals surface area contributed by atoms with E-state index in [4.69, 9.17) is 39.5 Å². The van der Waals surface area contributed by atoms with Gasteiger partial charge in [-0.05, 0) is 42.3 Å². The number of carbonyl (C=O) groups excluding carboxylic acids is 1. The van der Waals surface area contributed by atoms with Gasteiger partial charge in [0.25, 0.3) is 5.91 Å². The maximum atomic E-state index is 13.0. The van der Waals surface area contributed by atoms with Crippen LogP contribution in [-0.4, -0.2) is 48.4 Å². The number of ether oxygens (including phenoxy) is 1. The molecule has 1 aliphatic rings. The van der Waals surface area contributed by atoms with E-state index in [9.17, 15) is 4.79 Å². The van der Waals surface area contributed by atoms with Crippen LogP contribution in [0.4, 0.5) is 0 Å². The van der Waals surface area contributed by atoms with E-state index in [1.165, 1.54) is 5.56 Å². The SMILES string of the molecule is Cc1cccc(COC(CN2CCN(C(=O)c3c(Cl)cccc3Cl)CC2)c2ccc(Cl)cc2)c1. The van der Waals surface area contributed by atoms with Crippen molar-refractivity contribution >= 4 is 40.7 Å². The predicted molar refractivity (Wildman–Crippen MR) is 139 cm³/mol. The lowest BCUT2D eigenvalue weighted by Gasteiger charge is -2.36. The van der Waals surface area contributed by atoms with Crippen LogP contribution in [-0.2, 0) is 11.3 Å². The van der Waals surface area contributed by atoms with Gasteiger partial charge in [-0.2, -0.15) is 0 Å². The molecule has 1 unspecified atom stereocenters.